The number of rotatable bonds is 7. The minimum atomic E-state index is 1.07. The van der Waals surface area contributed by atoms with E-state index in [4.69, 9.17) is 0 Å². The van der Waals surface area contributed by atoms with Crippen molar-refractivity contribution < 1.29 is 0 Å². The standard InChI is InChI=1S/C15H26N2/c1-5-11-16(4)12-13-17(6-2)15-9-7-14(3)8-10-15/h7-10H,5-6,11-13H2,1-4H3. The van der Waals surface area contributed by atoms with Gasteiger partial charge in [-0.05, 0) is 46.0 Å². The second-order valence-corrected chi connectivity index (χ2v) is 4.72. The van der Waals surface area contributed by atoms with Crippen LogP contribution in [-0.2, 0) is 0 Å². The molecule has 0 atom stereocenters. The molecule has 2 nitrogen and oxygen atoms in total. The number of aryl methyl sites for hydroxylation is 1. The van der Waals surface area contributed by atoms with E-state index in [2.05, 4.69) is 61.9 Å². The minimum absolute atomic E-state index is 1.07. The highest BCUT2D eigenvalue weighted by Gasteiger charge is 2.05. The van der Waals surface area contributed by atoms with Crippen molar-refractivity contribution in [3.8, 4) is 0 Å². The molecule has 1 aromatic carbocycles. The SMILES string of the molecule is CCCN(C)CCN(CC)c1ccc(C)cc1. The normalized spacial score (nSPS) is 10.9. The van der Waals surface area contributed by atoms with Crippen LogP contribution in [0.15, 0.2) is 24.3 Å². The summed E-state index contributed by atoms with van der Waals surface area (Å²) in [6, 6.07) is 8.82. The summed E-state index contributed by atoms with van der Waals surface area (Å²) < 4.78 is 0. The molecule has 0 amide bonds. The average Bonchev–Trinajstić information content (AvgIpc) is 2.32. The first-order valence-electron chi connectivity index (χ1n) is 6.67. The first-order chi connectivity index (χ1) is 8.17. The molecule has 0 spiro atoms. The zero-order valence-corrected chi connectivity index (χ0v) is 11.7. The molecule has 0 saturated heterocycles. The third-order valence-electron chi connectivity index (χ3n) is 3.14. The van der Waals surface area contributed by atoms with Crippen LogP contribution in [0.4, 0.5) is 5.69 Å². The van der Waals surface area contributed by atoms with Crippen LogP contribution < -0.4 is 4.90 Å². The van der Waals surface area contributed by atoms with Crippen molar-refractivity contribution in [3.63, 3.8) is 0 Å². The predicted octanol–water partition coefficient (Wildman–Crippen LogP) is 3.16. The molecule has 2 heteroatoms. The minimum Gasteiger partial charge on any atom is -0.371 e. The third-order valence-corrected chi connectivity index (χ3v) is 3.14. The van der Waals surface area contributed by atoms with Gasteiger partial charge in [-0.25, -0.2) is 0 Å². The zero-order chi connectivity index (χ0) is 12.7. The van der Waals surface area contributed by atoms with Gasteiger partial charge in [0.15, 0.2) is 0 Å². The van der Waals surface area contributed by atoms with Crippen LogP contribution in [0.5, 0.6) is 0 Å². The summed E-state index contributed by atoms with van der Waals surface area (Å²) >= 11 is 0. The lowest BCUT2D eigenvalue weighted by molar-refractivity contribution is 0.341. The smallest absolute Gasteiger partial charge is 0.0366 e. The van der Waals surface area contributed by atoms with Gasteiger partial charge in [0.2, 0.25) is 0 Å². The summed E-state index contributed by atoms with van der Waals surface area (Å²) in [7, 11) is 2.20. The van der Waals surface area contributed by atoms with E-state index in [1.807, 2.05) is 0 Å². The van der Waals surface area contributed by atoms with E-state index >= 15 is 0 Å². The summed E-state index contributed by atoms with van der Waals surface area (Å²) in [5, 5.41) is 0. The topological polar surface area (TPSA) is 6.48 Å². The van der Waals surface area contributed by atoms with Crippen molar-refractivity contribution in [2.45, 2.75) is 27.2 Å². The van der Waals surface area contributed by atoms with E-state index in [-0.39, 0.29) is 0 Å². The van der Waals surface area contributed by atoms with Crippen LogP contribution in [0.1, 0.15) is 25.8 Å². The van der Waals surface area contributed by atoms with Gasteiger partial charge in [0, 0.05) is 25.3 Å². The van der Waals surface area contributed by atoms with Crippen LogP contribution in [0.25, 0.3) is 0 Å². The number of benzene rings is 1. The van der Waals surface area contributed by atoms with Gasteiger partial charge < -0.3 is 9.80 Å². The van der Waals surface area contributed by atoms with Crippen LogP contribution in [0.3, 0.4) is 0 Å². The molecule has 0 aliphatic rings. The van der Waals surface area contributed by atoms with E-state index in [1.165, 1.54) is 24.2 Å². The van der Waals surface area contributed by atoms with Gasteiger partial charge in [0.1, 0.15) is 0 Å². The van der Waals surface area contributed by atoms with Gasteiger partial charge in [-0.15, -0.1) is 0 Å². The maximum atomic E-state index is 2.44. The Morgan fingerprint density at radius 2 is 1.59 bits per heavy atom. The van der Waals surface area contributed by atoms with E-state index in [0.717, 1.165) is 19.6 Å². The molecule has 1 aromatic rings. The van der Waals surface area contributed by atoms with Crippen molar-refractivity contribution >= 4 is 5.69 Å². The van der Waals surface area contributed by atoms with Crippen molar-refractivity contribution in [2.24, 2.45) is 0 Å². The Morgan fingerprint density at radius 1 is 0.941 bits per heavy atom. The van der Waals surface area contributed by atoms with E-state index in [0.29, 0.717) is 0 Å². The molecule has 96 valence electrons. The molecule has 0 aliphatic heterocycles. The Balaban J connectivity index is 2.51. The number of hydrogen-bond donors (Lipinski definition) is 0. The molecule has 0 fully saturated rings. The van der Waals surface area contributed by atoms with Crippen molar-refractivity contribution in [1.29, 1.82) is 0 Å². The van der Waals surface area contributed by atoms with Gasteiger partial charge in [0.05, 0.1) is 0 Å². The van der Waals surface area contributed by atoms with Crippen molar-refractivity contribution in [3.05, 3.63) is 29.8 Å². The number of hydrogen-bond acceptors (Lipinski definition) is 2. The second kappa shape index (κ2) is 7.33. The number of nitrogens with zero attached hydrogens (tertiary/aromatic N) is 2. The van der Waals surface area contributed by atoms with Gasteiger partial charge in [-0.3, -0.25) is 0 Å². The number of likely N-dealkylation sites (N-methyl/N-ethyl adjacent to an activating group) is 2. The first-order valence-corrected chi connectivity index (χ1v) is 6.67. The molecule has 0 unspecified atom stereocenters. The molecule has 0 bridgehead atoms. The van der Waals surface area contributed by atoms with Gasteiger partial charge in [-0.2, -0.15) is 0 Å². The molecule has 0 heterocycles. The largest absolute Gasteiger partial charge is 0.371 e. The Morgan fingerprint density at radius 3 is 2.12 bits per heavy atom. The molecule has 0 saturated carbocycles. The lowest BCUT2D eigenvalue weighted by atomic mass is 10.2. The lowest BCUT2D eigenvalue weighted by Gasteiger charge is -2.26. The highest BCUT2D eigenvalue weighted by Crippen LogP contribution is 2.14. The molecule has 1 rings (SSSR count). The van der Waals surface area contributed by atoms with Gasteiger partial charge in [0.25, 0.3) is 0 Å². The molecule has 0 N–H and O–H groups in total. The average molecular weight is 234 g/mol. The fraction of sp³-hybridized carbons (Fsp3) is 0.600. The highest BCUT2D eigenvalue weighted by molar-refractivity contribution is 5.47. The Kier molecular flexibility index (Phi) is 6.06. The number of anilines is 1. The van der Waals surface area contributed by atoms with E-state index < -0.39 is 0 Å². The predicted molar refractivity (Wildman–Crippen MR) is 76.9 cm³/mol. The molecule has 17 heavy (non-hydrogen) atoms. The molecular weight excluding hydrogens is 208 g/mol. The van der Waals surface area contributed by atoms with Crippen LogP contribution in [0, 0.1) is 6.92 Å². The zero-order valence-electron chi connectivity index (χ0n) is 11.7. The summed E-state index contributed by atoms with van der Waals surface area (Å²) in [5.74, 6) is 0. The fourth-order valence-electron chi connectivity index (χ4n) is 2.01. The van der Waals surface area contributed by atoms with Crippen LogP contribution in [0.2, 0.25) is 0 Å². The molecule has 0 aromatic heterocycles. The highest BCUT2D eigenvalue weighted by atomic mass is 15.2. The van der Waals surface area contributed by atoms with E-state index in [9.17, 15) is 0 Å². The van der Waals surface area contributed by atoms with Crippen molar-refractivity contribution in [1.82, 2.24) is 4.90 Å². The van der Waals surface area contributed by atoms with E-state index in [1.54, 1.807) is 0 Å². The molecule has 0 radical (unpaired) electrons. The third kappa shape index (κ3) is 4.78. The maximum absolute atomic E-state index is 2.44. The maximum Gasteiger partial charge on any atom is 0.0366 e. The summed E-state index contributed by atoms with van der Waals surface area (Å²) in [4.78, 5) is 4.84. The lowest BCUT2D eigenvalue weighted by Crippen LogP contribution is -2.33. The summed E-state index contributed by atoms with van der Waals surface area (Å²) in [5.41, 5.74) is 2.66. The van der Waals surface area contributed by atoms with Gasteiger partial charge >= 0.3 is 0 Å². The Hall–Kier alpha value is -1.02. The van der Waals surface area contributed by atoms with Crippen molar-refractivity contribution in [2.75, 3.05) is 38.1 Å². The molecule has 0 aliphatic carbocycles. The summed E-state index contributed by atoms with van der Waals surface area (Å²) in [6.45, 7) is 11.1. The van der Waals surface area contributed by atoms with Gasteiger partial charge in [-0.1, -0.05) is 24.6 Å². The first kappa shape index (κ1) is 14.0. The Bertz CT molecular complexity index is 305. The Labute approximate surface area is 106 Å². The summed E-state index contributed by atoms with van der Waals surface area (Å²) in [6.07, 6.45) is 1.23. The molecular formula is C15H26N2. The van der Waals surface area contributed by atoms with Crippen LogP contribution in [-0.4, -0.2) is 38.1 Å². The monoisotopic (exact) mass is 234 g/mol. The quantitative estimate of drug-likeness (QED) is 0.715. The fourth-order valence-corrected chi connectivity index (χ4v) is 2.01. The second-order valence-electron chi connectivity index (χ2n) is 4.72. The van der Waals surface area contributed by atoms with Crippen LogP contribution >= 0.6 is 0 Å².